The van der Waals surface area contributed by atoms with Gasteiger partial charge in [-0.2, -0.15) is 0 Å². The Morgan fingerprint density at radius 3 is 2.89 bits per heavy atom. The van der Waals surface area contributed by atoms with Crippen LogP contribution < -0.4 is 14.8 Å². The zero-order chi connectivity index (χ0) is 19.3. The Hall–Kier alpha value is -2.12. The van der Waals surface area contributed by atoms with Crippen LogP contribution in [0.4, 0.5) is 0 Å². The molecule has 1 aromatic carbocycles. The number of aromatic nitrogens is 1. The zero-order valence-electron chi connectivity index (χ0n) is 15.6. The first-order valence-corrected chi connectivity index (χ1v) is 10.5. The highest BCUT2D eigenvalue weighted by Crippen LogP contribution is 2.34. The minimum absolute atomic E-state index is 0.0450. The van der Waals surface area contributed by atoms with E-state index >= 15 is 0 Å². The van der Waals surface area contributed by atoms with Crippen molar-refractivity contribution in [3.8, 4) is 11.5 Å². The number of nitrogens with zero attached hydrogens (tertiary/aromatic N) is 2. The van der Waals surface area contributed by atoms with Gasteiger partial charge in [0.2, 0.25) is 0 Å². The summed E-state index contributed by atoms with van der Waals surface area (Å²) in [5, 5.41) is 3.03. The number of piperidine rings is 1. The molecule has 0 aliphatic carbocycles. The monoisotopic (exact) mass is 445 g/mol. The van der Waals surface area contributed by atoms with Crippen LogP contribution in [0.5, 0.6) is 11.5 Å². The van der Waals surface area contributed by atoms with E-state index in [4.69, 9.17) is 9.47 Å². The predicted octanol–water partition coefficient (Wildman–Crippen LogP) is 3.13. The molecule has 1 fully saturated rings. The first-order valence-electron chi connectivity index (χ1n) is 9.67. The number of pyridine rings is 1. The van der Waals surface area contributed by atoms with Crippen molar-refractivity contribution in [3.63, 3.8) is 0 Å². The van der Waals surface area contributed by atoms with Gasteiger partial charge >= 0.3 is 0 Å². The fourth-order valence-electron chi connectivity index (χ4n) is 3.68. The van der Waals surface area contributed by atoms with E-state index in [0.717, 1.165) is 48.4 Å². The maximum Gasteiger partial charge on any atom is 0.252 e. The van der Waals surface area contributed by atoms with E-state index in [0.29, 0.717) is 24.6 Å². The number of carbonyl (C=O) groups is 1. The molecule has 2 aromatic rings. The minimum Gasteiger partial charge on any atom is -0.486 e. The minimum atomic E-state index is -0.0480. The molecular weight excluding hydrogens is 422 g/mol. The first-order chi connectivity index (χ1) is 13.7. The fraction of sp³-hybridized carbons (Fsp3) is 0.429. The number of rotatable bonds is 5. The van der Waals surface area contributed by atoms with E-state index in [1.54, 1.807) is 24.5 Å². The molecule has 0 radical (unpaired) electrons. The van der Waals surface area contributed by atoms with Gasteiger partial charge in [-0.15, -0.1) is 0 Å². The number of amides is 1. The lowest BCUT2D eigenvalue weighted by Crippen LogP contribution is -2.45. The summed E-state index contributed by atoms with van der Waals surface area (Å²) in [6.07, 6.45) is 5.46. The Morgan fingerprint density at radius 2 is 2.11 bits per heavy atom. The summed E-state index contributed by atoms with van der Waals surface area (Å²) in [5.41, 5.74) is 0.612. The van der Waals surface area contributed by atoms with Gasteiger partial charge < -0.3 is 14.8 Å². The molecule has 7 heteroatoms. The number of hydrogen-bond acceptors (Lipinski definition) is 5. The van der Waals surface area contributed by atoms with Crippen molar-refractivity contribution in [2.24, 2.45) is 5.92 Å². The summed E-state index contributed by atoms with van der Waals surface area (Å²) in [6, 6.07) is 9.41. The van der Waals surface area contributed by atoms with Crippen LogP contribution in [0.2, 0.25) is 0 Å². The van der Waals surface area contributed by atoms with Crippen LogP contribution in [0.15, 0.2) is 47.2 Å². The fourth-order valence-corrected chi connectivity index (χ4v) is 4.02. The third-order valence-electron chi connectivity index (χ3n) is 5.27. The molecule has 1 aromatic heterocycles. The normalized spacial score (nSPS) is 20.0. The Balaban J connectivity index is 1.20. The molecule has 1 atom stereocenters. The number of carbonyl (C=O) groups excluding carboxylic acids is 1. The Labute approximate surface area is 173 Å². The molecule has 6 nitrogen and oxygen atoms in total. The van der Waals surface area contributed by atoms with Crippen LogP contribution in [-0.4, -0.2) is 54.7 Å². The van der Waals surface area contributed by atoms with Crippen LogP contribution in [0, 0.1) is 5.92 Å². The van der Waals surface area contributed by atoms with Gasteiger partial charge in [0, 0.05) is 30.0 Å². The molecule has 1 saturated heterocycles. The Bertz CT molecular complexity index is 810. The second-order valence-electron chi connectivity index (χ2n) is 7.34. The summed E-state index contributed by atoms with van der Waals surface area (Å²) in [6.45, 7) is 4.18. The van der Waals surface area contributed by atoms with Gasteiger partial charge in [0.1, 0.15) is 12.7 Å². The highest BCUT2D eigenvalue weighted by molar-refractivity contribution is 9.10. The SMILES string of the molecule is O=C(NCC1CCN(C[C@H]2COc3ccc(Br)cc3O2)CC1)c1cccnc1. The van der Waals surface area contributed by atoms with Crippen molar-refractivity contribution in [1.29, 1.82) is 0 Å². The van der Waals surface area contributed by atoms with Crippen LogP contribution in [0.3, 0.4) is 0 Å². The lowest BCUT2D eigenvalue weighted by Gasteiger charge is -2.35. The molecule has 0 spiro atoms. The number of nitrogens with one attached hydrogen (secondary N) is 1. The molecule has 2 aliphatic heterocycles. The van der Waals surface area contributed by atoms with Crippen LogP contribution in [-0.2, 0) is 0 Å². The van der Waals surface area contributed by atoms with Gasteiger partial charge in [-0.1, -0.05) is 15.9 Å². The van der Waals surface area contributed by atoms with E-state index < -0.39 is 0 Å². The van der Waals surface area contributed by atoms with Crippen LogP contribution >= 0.6 is 15.9 Å². The van der Waals surface area contributed by atoms with Gasteiger partial charge in [0.15, 0.2) is 11.5 Å². The molecule has 4 rings (SSSR count). The largest absolute Gasteiger partial charge is 0.486 e. The molecular formula is C21H24BrN3O3. The highest BCUT2D eigenvalue weighted by Gasteiger charge is 2.26. The lowest BCUT2D eigenvalue weighted by atomic mass is 9.96. The quantitative estimate of drug-likeness (QED) is 0.765. The number of likely N-dealkylation sites (tertiary alicyclic amines) is 1. The van der Waals surface area contributed by atoms with Crippen LogP contribution in [0.25, 0.3) is 0 Å². The summed E-state index contributed by atoms with van der Waals surface area (Å²) in [5.74, 6) is 2.08. The van der Waals surface area contributed by atoms with E-state index in [9.17, 15) is 4.79 Å². The first kappa shape index (κ1) is 19.2. The summed E-state index contributed by atoms with van der Waals surface area (Å²) < 4.78 is 12.9. The average Bonchev–Trinajstić information content (AvgIpc) is 2.73. The Kier molecular flexibility index (Phi) is 6.12. The van der Waals surface area contributed by atoms with Gasteiger partial charge in [0.25, 0.3) is 5.91 Å². The molecule has 0 saturated carbocycles. The number of halogens is 1. The maximum atomic E-state index is 12.1. The topological polar surface area (TPSA) is 63.7 Å². The van der Waals surface area contributed by atoms with E-state index in [2.05, 4.69) is 31.1 Å². The highest BCUT2D eigenvalue weighted by atomic mass is 79.9. The zero-order valence-corrected chi connectivity index (χ0v) is 17.2. The van der Waals surface area contributed by atoms with Crippen molar-refractivity contribution < 1.29 is 14.3 Å². The van der Waals surface area contributed by atoms with E-state index in [1.807, 2.05) is 18.2 Å². The maximum absolute atomic E-state index is 12.1. The molecule has 148 valence electrons. The molecule has 3 heterocycles. The van der Waals surface area contributed by atoms with Gasteiger partial charge in [0.05, 0.1) is 5.56 Å². The van der Waals surface area contributed by atoms with Crippen molar-refractivity contribution in [3.05, 3.63) is 52.8 Å². The van der Waals surface area contributed by atoms with Crippen molar-refractivity contribution in [2.45, 2.75) is 18.9 Å². The molecule has 1 amide bonds. The smallest absolute Gasteiger partial charge is 0.252 e. The Morgan fingerprint density at radius 1 is 1.25 bits per heavy atom. The van der Waals surface area contributed by atoms with Gasteiger partial charge in [-0.25, -0.2) is 0 Å². The number of fused-ring (bicyclic) bond motifs is 1. The number of benzene rings is 1. The summed E-state index contributed by atoms with van der Waals surface area (Å²) in [7, 11) is 0. The average molecular weight is 446 g/mol. The predicted molar refractivity (Wildman–Crippen MR) is 110 cm³/mol. The van der Waals surface area contributed by atoms with Crippen molar-refractivity contribution >= 4 is 21.8 Å². The van der Waals surface area contributed by atoms with E-state index in [-0.39, 0.29) is 12.0 Å². The lowest BCUT2D eigenvalue weighted by molar-refractivity contribution is 0.0476. The molecule has 28 heavy (non-hydrogen) atoms. The standard InChI is InChI=1S/C21H24BrN3O3/c22-17-3-4-19-20(10-17)28-18(14-27-19)13-25-8-5-15(6-9-25)11-24-21(26)16-2-1-7-23-12-16/h1-4,7,10,12,15,18H,5-6,8-9,11,13-14H2,(H,24,26)/t18-/m0/s1. The number of hydrogen-bond donors (Lipinski definition) is 1. The second-order valence-corrected chi connectivity index (χ2v) is 8.25. The molecule has 1 N–H and O–H groups in total. The number of ether oxygens (including phenoxy) is 2. The van der Waals surface area contributed by atoms with Crippen LogP contribution in [0.1, 0.15) is 23.2 Å². The third kappa shape index (κ3) is 4.83. The third-order valence-corrected chi connectivity index (χ3v) is 5.76. The molecule has 0 unspecified atom stereocenters. The summed E-state index contributed by atoms with van der Waals surface area (Å²) in [4.78, 5) is 18.6. The van der Waals surface area contributed by atoms with E-state index in [1.165, 1.54) is 0 Å². The van der Waals surface area contributed by atoms with Crippen molar-refractivity contribution in [2.75, 3.05) is 32.8 Å². The second kappa shape index (κ2) is 8.92. The van der Waals surface area contributed by atoms with Gasteiger partial charge in [-0.05, 0) is 62.2 Å². The molecule has 2 aliphatic rings. The summed E-state index contributed by atoms with van der Waals surface area (Å²) >= 11 is 3.48. The molecule has 0 bridgehead atoms. The van der Waals surface area contributed by atoms with Crippen molar-refractivity contribution in [1.82, 2.24) is 15.2 Å². The van der Waals surface area contributed by atoms with Gasteiger partial charge in [-0.3, -0.25) is 14.7 Å².